The van der Waals surface area contributed by atoms with Crippen LogP contribution in [-0.4, -0.2) is 13.2 Å². The lowest BCUT2D eigenvalue weighted by Crippen LogP contribution is -2.15. The molecule has 2 nitrogen and oxygen atoms in total. The molecule has 0 spiro atoms. The monoisotopic (exact) mass is 370 g/mol. The van der Waals surface area contributed by atoms with Crippen LogP contribution in [0.25, 0.3) is 0 Å². The van der Waals surface area contributed by atoms with Crippen molar-refractivity contribution in [2.45, 2.75) is 11.2 Å². The van der Waals surface area contributed by atoms with Gasteiger partial charge in [-0.2, -0.15) is 0 Å². The first-order chi connectivity index (χ1) is 10.1. The fourth-order valence-electron chi connectivity index (χ4n) is 2.26. The molecule has 0 N–H and O–H groups in total. The Morgan fingerprint density at radius 3 is 2.38 bits per heavy atom. The van der Waals surface area contributed by atoms with E-state index in [1.807, 2.05) is 6.07 Å². The smallest absolute Gasteiger partial charge is 0.162 e. The Balaban J connectivity index is 1.83. The van der Waals surface area contributed by atoms with Gasteiger partial charge in [0, 0.05) is 15.9 Å². The zero-order valence-electron chi connectivity index (χ0n) is 11.1. The van der Waals surface area contributed by atoms with Crippen LogP contribution >= 0.6 is 27.5 Å². The molecule has 1 heterocycles. The summed E-state index contributed by atoms with van der Waals surface area (Å²) in [5.41, 5.74) is 1.97. The Bertz CT molecular complexity index is 645. The molecule has 0 saturated carbocycles. The minimum absolute atomic E-state index is 0.0197. The molecule has 0 aromatic heterocycles. The van der Waals surface area contributed by atoms with Crippen molar-refractivity contribution in [1.29, 1.82) is 0 Å². The van der Waals surface area contributed by atoms with Gasteiger partial charge in [0.25, 0.3) is 0 Å². The third-order valence-corrected chi connectivity index (χ3v) is 4.47. The lowest BCUT2D eigenvalue weighted by molar-refractivity contribution is 0.171. The van der Waals surface area contributed by atoms with Gasteiger partial charge in [0.1, 0.15) is 19.0 Å². The Morgan fingerprint density at radius 2 is 1.71 bits per heavy atom. The van der Waals surface area contributed by atoms with Crippen LogP contribution in [0.3, 0.4) is 0 Å². The van der Waals surface area contributed by atoms with E-state index in [1.54, 1.807) is 18.2 Å². The van der Waals surface area contributed by atoms with Gasteiger partial charge < -0.3 is 9.47 Å². The molecule has 0 fully saturated rings. The van der Waals surface area contributed by atoms with E-state index < -0.39 is 0 Å². The van der Waals surface area contributed by atoms with Crippen LogP contribution in [0, 0.1) is 5.82 Å². The number of hydrogen-bond donors (Lipinski definition) is 0. The number of benzene rings is 2. The van der Waals surface area contributed by atoms with Crippen molar-refractivity contribution in [2.75, 3.05) is 13.2 Å². The molecule has 21 heavy (non-hydrogen) atoms. The van der Waals surface area contributed by atoms with Crippen molar-refractivity contribution in [1.82, 2.24) is 0 Å². The third kappa shape index (κ3) is 3.33. The summed E-state index contributed by atoms with van der Waals surface area (Å²) < 4.78 is 24.0. The molecule has 1 atom stereocenters. The molecule has 0 aliphatic carbocycles. The van der Waals surface area contributed by atoms with Gasteiger partial charge in [-0.15, -0.1) is 0 Å². The Labute approximate surface area is 136 Å². The lowest BCUT2D eigenvalue weighted by Gasteiger charge is -2.21. The highest BCUT2D eigenvalue weighted by molar-refractivity contribution is 9.09. The maximum absolute atomic E-state index is 12.9. The number of halogens is 3. The predicted molar refractivity (Wildman–Crippen MR) is 84.2 cm³/mol. The Hall–Kier alpha value is -1.26. The number of fused-ring (bicyclic) bond motifs is 1. The number of ether oxygens (including phenoxy) is 2. The zero-order chi connectivity index (χ0) is 14.8. The molecule has 5 heteroatoms. The second-order valence-electron chi connectivity index (χ2n) is 4.82. The summed E-state index contributed by atoms with van der Waals surface area (Å²) in [7, 11) is 0. The van der Waals surface area contributed by atoms with Gasteiger partial charge in [-0.1, -0.05) is 39.7 Å². The van der Waals surface area contributed by atoms with Crippen molar-refractivity contribution < 1.29 is 13.9 Å². The minimum atomic E-state index is -0.234. The Kier molecular flexibility index (Phi) is 4.36. The van der Waals surface area contributed by atoms with Gasteiger partial charge in [0.05, 0.1) is 0 Å². The molecule has 110 valence electrons. The highest BCUT2D eigenvalue weighted by Crippen LogP contribution is 2.41. The van der Waals surface area contributed by atoms with Crippen LogP contribution in [0.5, 0.6) is 11.5 Å². The van der Waals surface area contributed by atoms with Crippen LogP contribution < -0.4 is 9.47 Å². The maximum Gasteiger partial charge on any atom is 0.162 e. The molecule has 0 amide bonds. The number of hydrogen-bond acceptors (Lipinski definition) is 2. The molecule has 2 aromatic carbocycles. The van der Waals surface area contributed by atoms with Gasteiger partial charge in [-0.3, -0.25) is 0 Å². The SMILES string of the molecule is Fc1ccc(CC(Br)c2cc3c(cc2Cl)OCCO3)cc1. The zero-order valence-corrected chi connectivity index (χ0v) is 13.5. The van der Waals surface area contributed by atoms with Crippen LogP contribution in [0.4, 0.5) is 4.39 Å². The van der Waals surface area contributed by atoms with Gasteiger partial charge in [0.2, 0.25) is 0 Å². The number of alkyl halides is 1. The van der Waals surface area contributed by atoms with Crippen molar-refractivity contribution in [2.24, 2.45) is 0 Å². The Morgan fingerprint density at radius 1 is 1.10 bits per heavy atom. The van der Waals surface area contributed by atoms with Gasteiger partial charge in [-0.25, -0.2) is 4.39 Å². The molecule has 0 bridgehead atoms. The van der Waals surface area contributed by atoms with Crippen molar-refractivity contribution in [3.8, 4) is 11.5 Å². The average Bonchev–Trinajstić information content (AvgIpc) is 2.49. The second kappa shape index (κ2) is 6.24. The second-order valence-corrected chi connectivity index (χ2v) is 6.33. The van der Waals surface area contributed by atoms with E-state index in [4.69, 9.17) is 21.1 Å². The topological polar surface area (TPSA) is 18.5 Å². The van der Waals surface area contributed by atoms with Crippen molar-refractivity contribution >= 4 is 27.5 Å². The molecule has 3 rings (SSSR count). The van der Waals surface area contributed by atoms with E-state index in [0.717, 1.165) is 11.1 Å². The van der Waals surface area contributed by atoms with E-state index in [2.05, 4.69) is 15.9 Å². The largest absolute Gasteiger partial charge is 0.486 e. The van der Waals surface area contributed by atoms with Crippen molar-refractivity contribution in [3.05, 3.63) is 58.4 Å². The normalized spacial score (nSPS) is 14.8. The molecule has 0 radical (unpaired) electrons. The summed E-state index contributed by atoms with van der Waals surface area (Å²) in [4.78, 5) is 0.0197. The van der Waals surface area contributed by atoms with E-state index >= 15 is 0 Å². The van der Waals surface area contributed by atoms with E-state index in [0.29, 0.717) is 36.2 Å². The first-order valence-corrected chi connectivity index (χ1v) is 7.90. The van der Waals surface area contributed by atoms with Gasteiger partial charge >= 0.3 is 0 Å². The molecule has 2 aromatic rings. The lowest BCUT2D eigenvalue weighted by atomic mass is 10.0. The standard InChI is InChI=1S/C16H13BrClFO2/c17-13(7-10-1-3-11(19)4-2-10)12-8-15-16(9-14(12)18)21-6-5-20-15/h1-4,8-9,13H,5-7H2. The molecule has 1 aliphatic heterocycles. The maximum atomic E-state index is 12.9. The molecule has 1 unspecified atom stereocenters. The molecular weight excluding hydrogens is 359 g/mol. The predicted octanol–water partition coefficient (Wildman–Crippen LogP) is 4.93. The fraction of sp³-hybridized carbons (Fsp3) is 0.250. The fourth-order valence-corrected chi connectivity index (χ4v) is 3.43. The molecule has 0 saturated heterocycles. The molecule has 1 aliphatic rings. The third-order valence-electron chi connectivity index (χ3n) is 3.33. The van der Waals surface area contributed by atoms with Crippen LogP contribution in [0.1, 0.15) is 16.0 Å². The summed E-state index contributed by atoms with van der Waals surface area (Å²) in [6.45, 7) is 1.08. The molecular formula is C16H13BrClFO2. The quantitative estimate of drug-likeness (QED) is 0.712. The van der Waals surface area contributed by atoms with E-state index in [-0.39, 0.29) is 10.6 Å². The summed E-state index contributed by atoms with van der Waals surface area (Å²) in [5.74, 6) is 1.16. The average molecular weight is 372 g/mol. The van der Waals surface area contributed by atoms with Crippen LogP contribution in [0.2, 0.25) is 5.02 Å². The highest BCUT2D eigenvalue weighted by atomic mass is 79.9. The first kappa shape index (κ1) is 14.7. The van der Waals surface area contributed by atoms with Gasteiger partial charge in [-0.05, 0) is 35.7 Å². The summed E-state index contributed by atoms with van der Waals surface area (Å²) >= 11 is 9.97. The van der Waals surface area contributed by atoms with Crippen LogP contribution in [-0.2, 0) is 6.42 Å². The summed E-state index contributed by atoms with van der Waals surface area (Å²) in [6, 6.07) is 10.1. The van der Waals surface area contributed by atoms with Crippen molar-refractivity contribution in [3.63, 3.8) is 0 Å². The summed E-state index contributed by atoms with van der Waals surface area (Å²) in [6.07, 6.45) is 0.708. The van der Waals surface area contributed by atoms with E-state index in [1.165, 1.54) is 12.1 Å². The van der Waals surface area contributed by atoms with Crippen LogP contribution in [0.15, 0.2) is 36.4 Å². The minimum Gasteiger partial charge on any atom is -0.486 e. The first-order valence-electron chi connectivity index (χ1n) is 6.61. The number of rotatable bonds is 3. The van der Waals surface area contributed by atoms with E-state index in [9.17, 15) is 4.39 Å². The highest BCUT2D eigenvalue weighted by Gasteiger charge is 2.19. The summed E-state index contributed by atoms with van der Waals surface area (Å²) in [5, 5.41) is 0.628. The van der Waals surface area contributed by atoms with Gasteiger partial charge in [0.15, 0.2) is 11.5 Å².